The van der Waals surface area contributed by atoms with Crippen LogP contribution >= 0.6 is 11.3 Å². The first-order valence-electron chi connectivity index (χ1n) is 13.3. The number of sulfonamides is 1. The third-order valence-corrected chi connectivity index (χ3v) is 9.88. The van der Waals surface area contributed by atoms with Gasteiger partial charge in [0.05, 0.1) is 24.8 Å². The van der Waals surface area contributed by atoms with Crippen LogP contribution in [-0.2, 0) is 10.0 Å². The Bertz CT molecular complexity index is 1560. The van der Waals surface area contributed by atoms with Crippen molar-refractivity contribution in [2.24, 2.45) is 5.92 Å². The molecular weight excluding hydrogens is 584 g/mol. The Kier molecular flexibility index (Phi) is 8.48. The molecule has 2 aliphatic rings. The van der Waals surface area contributed by atoms with Gasteiger partial charge in [-0.25, -0.2) is 13.2 Å². The molecule has 0 unspecified atom stereocenters. The van der Waals surface area contributed by atoms with E-state index in [0.717, 1.165) is 11.3 Å². The highest BCUT2D eigenvalue weighted by Crippen LogP contribution is 2.35. The number of hydrogen-bond acceptors (Lipinski definition) is 9. The van der Waals surface area contributed by atoms with Crippen LogP contribution in [0, 0.1) is 5.92 Å². The molecule has 5 rings (SSSR count). The molecule has 0 saturated carbocycles. The summed E-state index contributed by atoms with van der Waals surface area (Å²) in [5.74, 6) is 0.770. The lowest BCUT2D eigenvalue weighted by atomic mass is 9.99. The number of anilines is 2. The van der Waals surface area contributed by atoms with Crippen LogP contribution in [0.25, 0.3) is 0 Å². The number of hydrogen-bond donors (Lipinski definition) is 3. The number of nitrogens with zero attached hydrogens (tertiary/aromatic N) is 2. The average Bonchev–Trinajstić information content (AvgIpc) is 3.67. The molecule has 0 fully saturated rings. The van der Waals surface area contributed by atoms with Gasteiger partial charge in [-0.05, 0) is 48.7 Å². The van der Waals surface area contributed by atoms with Gasteiger partial charge in [0.2, 0.25) is 6.79 Å². The quantitative estimate of drug-likeness (QED) is 0.348. The molecule has 0 bridgehead atoms. The predicted octanol–water partition coefficient (Wildman–Crippen LogP) is 3.66. The van der Waals surface area contributed by atoms with Crippen molar-refractivity contribution in [3.63, 3.8) is 0 Å². The van der Waals surface area contributed by atoms with E-state index in [1.54, 1.807) is 54.6 Å². The molecule has 1 aromatic heterocycles. The number of rotatable bonds is 8. The summed E-state index contributed by atoms with van der Waals surface area (Å²) < 4.78 is 45.3. The van der Waals surface area contributed by atoms with Crippen LogP contribution in [-0.4, -0.2) is 80.9 Å². The SMILES string of the molecule is C[C@@H]1CN([C@H](C)CO)C(=O)c2cc(NS(=O)(=O)c3cccs3)ccc2O[C@@H]1CN(C)C(=O)Nc1ccc2c(c1)OCO2. The van der Waals surface area contributed by atoms with Gasteiger partial charge in [0, 0.05) is 37.0 Å². The van der Waals surface area contributed by atoms with E-state index in [2.05, 4.69) is 10.0 Å². The van der Waals surface area contributed by atoms with Crippen LogP contribution in [0.2, 0.25) is 0 Å². The number of benzene rings is 2. The van der Waals surface area contributed by atoms with Crippen LogP contribution in [0.5, 0.6) is 17.2 Å². The first-order valence-corrected chi connectivity index (χ1v) is 15.6. The van der Waals surface area contributed by atoms with Gasteiger partial charge < -0.3 is 34.4 Å². The van der Waals surface area contributed by atoms with Gasteiger partial charge in [-0.3, -0.25) is 9.52 Å². The molecule has 2 aromatic carbocycles. The van der Waals surface area contributed by atoms with E-state index in [4.69, 9.17) is 14.2 Å². The zero-order chi connectivity index (χ0) is 30.0. The third kappa shape index (κ3) is 6.25. The Morgan fingerprint density at radius 2 is 1.88 bits per heavy atom. The highest BCUT2D eigenvalue weighted by atomic mass is 32.2. The van der Waals surface area contributed by atoms with Gasteiger partial charge in [-0.15, -0.1) is 11.3 Å². The topological polar surface area (TPSA) is 147 Å². The van der Waals surface area contributed by atoms with E-state index in [1.807, 2.05) is 6.92 Å². The number of aliphatic hydroxyl groups is 1. The summed E-state index contributed by atoms with van der Waals surface area (Å²) in [6.07, 6.45) is -0.536. The number of fused-ring (bicyclic) bond motifs is 2. The lowest BCUT2D eigenvalue weighted by molar-refractivity contribution is 0.0371. The van der Waals surface area contributed by atoms with Crippen molar-refractivity contribution in [3.05, 3.63) is 59.5 Å². The maximum atomic E-state index is 13.7. The summed E-state index contributed by atoms with van der Waals surface area (Å²) in [6.45, 7) is 3.93. The van der Waals surface area contributed by atoms with Gasteiger partial charge in [0.25, 0.3) is 15.9 Å². The monoisotopic (exact) mass is 616 g/mol. The summed E-state index contributed by atoms with van der Waals surface area (Å²) in [5.41, 5.74) is 0.881. The lowest BCUT2D eigenvalue weighted by Crippen LogP contribution is -2.50. The molecule has 3 aromatic rings. The standard InChI is InChI=1S/C28H32N4O8S2/c1-17-13-32(18(2)15-33)27(34)21-11-20(30-42(36,37)26-5-4-10-41-26)7-8-22(21)40-25(17)14-31(3)28(35)29-19-6-9-23-24(12-19)39-16-38-23/h4-12,17-18,25,30,33H,13-16H2,1-3H3,(H,29,35)/t17-,18-,25-/m1/s1. The van der Waals surface area contributed by atoms with Crippen LogP contribution in [0.3, 0.4) is 0 Å². The first kappa shape index (κ1) is 29.5. The Balaban J connectivity index is 1.38. The molecule has 224 valence electrons. The Hall–Kier alpha value is -4.01. The summed E-state index contributed by atoms with van der Waals surface area (Å²) >= 11 is 1.08. The van der Waals surface area contributed by atoms with Crippen LogP contribution < -0.4 is 24.2 Å². The minimum absolute atomic E-state index is 0.126. The van der Waals surface area contributed by atoms with Gasteiger partial charge in [0.15, 0.2) is 11.5 Å². The highest BCUT2D eigenvalue weighted by Gasteiger charge is 2.34. The van der Waals surface area contributed by atoms with E-state index in [9.17, 15) is 23.1 Å². The van der Waals surface area contributed by atoms with Crippen molar-refractivity contribution in [3.8, 4) is 17.2 Å². The van der Waals surface area contributed by atoms with E-state index in [0.29, 0.717) is 17.2 Å². The Morgan fingerprint density at radius 3 is 2.62 bits per heavy atom. The van der Waals surface area contributed by atoms with Crippen molar-refractivity contribution in [2.75, 3.05) is 43.6 Å². The number of urea groups is 1. The van der Waals surface area contributed by atoms with E-state index in [-0.39, 0.29) is 59.6 Å². The zero-order valence-electron chi connectivity index (χ0n) is 23.3. The average molecular weight is 617 g/mol. The molecule has 3 atom stereocenters. The number of carbonyl (C=O) groups excluding carboxylic acids is 2. The molecule has 3 N–H and O–H groups in total. The molecule has 0 saturated heterocycles. The number of aliphatic hydroxyl groups excluding tert-OH is 1. The number of ether oxygens (including phenoxy) is 3. The lowest BCUT2D eigenvalue weighted by Gasteiger charge is -2.38. The van der Waals surface area contributed by atoms with Crippen LogP contribution in [0.1, 0.15) is 24.2 Å². The minimum atomic E-state index is -3.84. The van der Waals surface area contributed by atoms with Crippen molar-refractivity contribution < 1.29 is 37.3 Å². The van der Waals surface area contributed by atoms with Crippen molar-refractivity contribution in [2.45, 2.75) is 30.2 Å². The number of nitrogens with one attached hydrogen (secondary N) is 2. The molecule has 0 radical (unpaired) electrons. The molecule has 12 nitrogen and oxygen atoms in total. The Labute approximate surface area is 247 Å². The fourth-order valence-corrected chi connectivity index (χ4v) is 6.71. The minimum Gasteiger partial charge on any atom is -0.487 e. The summed E-state index contributed by atoms with van der Waals surface area (Å²) in [7, 11) is -2.20. The second kappa shape index (κ2) is 12.1. The molecule has 2 aliphatic heterocycles. The molecule has 3 amide bonds. The van der Waals surface area contributed by atoms with Gasteiger partial charge in [-0.1, -0.05) is 13.0 Å². The smallest absolute Gasteiger partial charge is 0.321 e. The van der Waals surface area contributed by atoms with E-state index in [1.165, 1.54) is 23.1 Å². The third-order valence-electron chi connectivity index (χ3n) is 7.10. The highest BCUT2D eigenvalue weighted by molar-refractivity contribution is 7.94. The van der Waals surface area contributed by atoms with Crippen molar-refractivity contribution >= 4 is 44.7 Å². The summed E-state index contributed by atoms with van der Waals surface area (Å²) in [4.78, 5) is 29.8. The fraction of sp³-hybridized carbons (Fsp3) is 0.357. The number of carbonyl (C=O) groups is 2. The molecule has 42 heavy (non-hydrogen) atoms. The van der Waals surface area contributed by atoms with Crippen molar-refractivity contribution in [1.82, 2.24) is 9.80 Å². The van der Waals surface area contributed by atoms with Crippen molar-refractivity contribution in [1.29, 1.82) is 0 Å². The molecule has 3 heterocycles. The second-order valence-electron chi connectivity index (χ2n) is 10.2. The fourth-order valence-electron chi connectivity index (χ4n) is 4.67. The largest absolute Gasteiger partial charge is 0.487 e. The molecular formula is C28H32N4O8S2. The molecule has 0 spiro atoms. The second-order valence-corrected chi connectivity index (χ2v) is 13.1. The van der Waals surface area contributed by atoms with Gasteiger partial charge >= 0.3 is 6.03 Å². The number of amides is 3. The molecule has 0 aliphatic carbocycles. The van der Waals surface area contributed by atoms with E-state index >= 15 is 0 Å². The van der Waals surface area contributed by atoms with Crippen LogP contribution in [0.4, 0.5) is 16.2 Å². The summed E-state index contributed by atoms with van der Waals surface area (Å²) in [5, 5.41) is 14.4. The maximum Gasteiger partial charge on any atom is 0.321 e. The predicted molar refractivity (Wildman–Crippen MR) is 157 cm³/mol. The van der Waals surface area contributed by atoms with Crippen LogP contribution in [0.15, 0.2) is 58.1 Å². The normalized spacial score (nSPS) is 18.8. The number of thiophene rings is 1. The zero-order valence-corrected chi connectivity index (χ0v) is 24.9. The first-order chi connectivity index (χ1) is 20.1. The van der Waals surface area contributed by atoms with Gasteiger partial charge in [0.1, 0.15) is 16.1 Å². The van der Waals surface area contributed by atoms with E-state index < -0.39 is 28.1 Å². The maximum absolute atomic E-state index is 13.7. The summed E-state index contributed by atoms with van der Waals surface area (Å²) in [6, 6.07) is 11.9. The molecule has 14 heteroatoms. The number of likely N-dealkylation sites (N-methyl/N-ethyl adjacent to an activating group) is 1. The van der Waals surface area contributed by atoms with Gasteiger partial charge in [-0.2, -0.15) is 0 Å². The Morgan fingerprint density at radius 1 is 1.14 bits per heavy atom.